The molecule has 0 aromatic carbocycles. The van der Waals surface area contributed by atoms with E-state index in [-0.39, 0.29) is 0 Å². The van der Waals surface area contributed by atoms with E-state index in [9.17, 15) is 0 Å². The van der Waals surface area contributed by atoms with Gasteiger partial charge in [0.25, 0.3) is 5.88 Å². The number of nitrogens with zero attached hydrogens (tertiary/aromatic N) is 3. The number of rotatable bonds is 4. The van der Waals surface area contributed by atoms with Crippen molar-refractivity contribution in [3.63, 3.8) is 0 Å². The highest BCUT2D eigenvalue weighted by molar-refractivity contribution is 5.44. The normalized spacial score (nSPS) is 15.1. The first kappa shape index (κ1) is 11.8. The zero-order valence-electron chi connectivity index (χ0n) is 10.4. The molecule has 0 saturated heterocycles. The molecule has 4 nitrogen and oxygen atoms in total. The molecule has 1 aromatic rings. The Balaban J connectivity index is 2.00. The fraction of sp³-hybridized carbons (Fsp3) is 0.615. The highest BCUT2D eigenvalue weighted by atomic mass is 16.5. The molecule has 0 spiro atoms. The molecule has 0 N–H and O–H groups in total. The van der Waals surface area contributed by atoms with E-state index in [0.717, 1.165) is 23.6 Å². The second-order valence-electron chi connectivity index (χ2n) is 4.64. The smallest absolute Gasteiger partial charge is 0.251 e. The molecule has 0 amide bonds. The van der Waals surface area contributed by atoms with E-state index < -0.39 is 0 Å². The monoisotopic (exact) mass is 231 g/mol. The number of ether oxygens (including phenoxy) is 1. The summed E-state index contributed by atoms with van der Waals surface area (Å²) in [7, 11) is 0. The molecule has 0 radical (unpaired) electrons. The van der Waals surface area contributed by atoms with Crippen molar-refractivity contribution >= 4 is 0 Å². The maximum atomic E-state index is 9.09. The molecule has 0 aliphatic heterocycles. The topological polar surface area (TPSA) is 58.8 Å². The molecule has 90 valence electrons. The maximum Gasteiger partial charge on any atom is 0.251 e. The molecule has 0 unspecified atom stereocenters. The largest absolute Gasteiger partial charge is 0.476 e. The summed E-state index contributed by atoms with van der Waals surface area (Å²) in [4.78, 5) is 0. The Kier molecular flexibility index (Phi) is 3.58. The first-order valence-electron chi connectivity index (χ1n) is 6.09. The zero-order valence-corrected chi connectivity index (χ0v) is 10.4. The summed E-state index contributed by atoms with van der Waals surface area (Å²) in [6.07, 6.45) is 5.02. The summed E-state index contributed by atoms with van der Waals surface area (Å²) in [6, 6.07) is 2.14. The molecule has 1 fully saturated rings. The van der Waals surface area contributed by atoms with Crippen LogP contribution in [-0.2, 0) is 0 Å². The molecule has 1 heterocycles. The summed E-state index contributed by atoms with van der Waals surface area (Å²) >= 11 is 0. The van der Waals surface area contributed by atoms with Crippen molar-refractivity contribution in [1.29, 1.82) is 5.26 Å². The summed E-state index contributed by atoms with van der Waals surface area (Å²) in [5, 5.41) is 17.0. The molecule has 2 rings (SSSR count). The van der Waals surface area contributed by atoms with Gasteiger partial charge in [-0.25, -0.2) is 0 Å². The summed E-state index contributed by atoms with van der Waals surface area (Å²) in [5.41, 5.74) is 2.17. The van der Waals surface area contributed by atoms with Crippen molar-refractivity contribution in [2.75, 3.05) is 6.61 Å². The van der Waals surface area contributed by atoms with Gasteiger partial charge in [0.05, 0.1) is 12.3 Å². The van der Waals surface area contributed by atoms with Gasteiger partial charge in [0, 0.05) is 0 Å². The van der Waals surface area contributed by atoms with Crippen molar-refractivity contribution in [1.82, 2.24) is 10.2 Å². The molecule has 0 bridgehead atoms. The van der Waals surface area contributed by atoms with E-state index in [1.165, 1.54) is 19.3 Å². The molecule has 17 heavy (non-hydrogen) atoms. The standard InChI is InChI=1S/C13H17N3O/c1-9-10(2)15-16-13(12(9)8-14)17-7-6-11-4-3-5-11/h11H,3-7H2,1-2H3. The third kappa shape index (κ3) is 2.55. The average Bonchev–Trinajstić information content (AvgIpc) is 2.27. The van der Waals surface area contributed by atoms with E-state index in [1.807, 2.05) is 13.8 Å². The Morgan fingerprint density at radius 2 is 2.12 bits per heavy atom. The van der Waals surface area contributed by atoms with E-state index in [4.69, 9.17) is 10.00 Å². The lowest BCUT2D eigenvalue weighted by Gasteiger charge is -2.24. The van der Waals surface area contributed by atoms with Crippen LogP contribution in [0.25, 0.3) is 0 Å². The number of aromatic nitrogens is 2. The quantitative estimate of drug-likeness (QED) is 0.799. The van der Waals surface area contributed by atoms with Gasteiger partial charge < -0.3 is 4.74 Å². The predicted molar refractivity (Wildman–Crippen MR) is 63.7 cm³/mol. The van der Waals surface area contributed by atoms with Crippen LogP contribution in [0, 0.1) is 31.1 Å². The lowest BCUT2D eigenvalue weighted by molar-refractivity contribution is 0.215. The predicted octanol–water partition coefficient (Wildman–Crippen LogP) is 2.53. The van der Waals surface area contributed by atoms with Gasteiger partial charge in [-0.1, -0.05) is 19.3 Å². The Morgan fingerprint density at radius 1 is 1.35 bits per heavy atom. The van der Waals surface area contributed by atoms with Gasteiger partial charge in [-0.15, -0.1) is 5.10 Å². The second kappa shape index (κ2) is 5.13. The van der Waals surface area contributed by atoms with Crippen LogP contribution >= 0.6 is 0 Å². The zero-order chi connectivity index (χ0) is 12.3. The van der Waals surface area contributed by atoms with Crippen molar-refractivity contribution in [2.45, 2.75) is 39.5 Å². The van der Waals surface area contributed by atoms with Crippen LogP contribution in [0.4, 0.5) is 0 Å². The number of nitriles is 1. The van der Waals surface area contributed by atoms with Crippen LogP contribution in [0.1, 0.15) is 42.5 Å². The van der Waals surface area contributed by atoms with Crippen LogP contribution in [0.15, 0.2) is 0 Å². The van der Waals surface area contributed by atoms with E-state index in [2.05, 4.69) is 16.3 Å². The minimum atomic E-state index is 0.384. The summed E-state index contributed by atoms with van der Waals surface area (Å²) < 4.78 is 5.57. The Bertz CT molecular complexity index is 447. The maximum absolute atomic E-state index is 9.09. The number of aryl methyl sites for hydroxylation is 1. The van der Waals surface area contributed by atoms with Gasteiger partial charge in [0.1, 0.15) is 11.6 Å². The summed E-state index contributed by atoms with van der Waals surface area (Å²) in [5.74, 6) is 1.19. The van der Waals surface area contributed by atoms with Gasteiger partial charge >= 0.3 is 0 Å². The van der Waals surface area contributed by atoms with Crippen molar-refractivity contribution in [3.05, 3.63) is 16.8 Å². The number of hydrogen-bond donors (Lipinski definition) is 0. The van der Waals surface area contributed by atoms with E-state index in [0.29, 0.717) is 18.1 Å². The van der Waals surface area contributed by atoms with Crippen molar-refractivity contribution < 1.29 is 4.74 Å². The van der Waals surface area contributed by atoms with Crippen LogP contribution in [0.5, 0.6) is 5.88 Å². The Hall–Kier alpha value is -1.63. The first-order chi connectivity index (χ1) is 8.22. The van der Waals surface area contributed by atoms with Crippen molar-refractivity contribution in [2.24, 2.45) is 5.92 Å². The molecule has 4 heteroatoms. The van der Waals surface area contributed by atoms with Gasteiger partial charge in [0.2, 0.25) is 0 Å². The molecular weight excluding hydrogens is 214 g/mol. The molecular formula is C13H17N3O. The minimum Gasteiger partial charge on any atom is -0.476 e. The molecule has 1 aromatic heterocycles. The first-order valence-corrected chi connectivity index (χ1v) is 6.09. The van der Waals surface area contributed by atoms with Crippen LogP contribution < -0.4 is 4.74 Å². The molecule has 1 aliphatic rings. The van der Waals surface area contributed by atoms with Crippen molar-refractivity contribution in [3.8, 4) is 11.9 Å². The van der Waals surface area contributed by atoms with Crippen LogP contribution in [-0.4, -0.2) is 16.8 Å². The fourth-order valence-electron chi connectivity index (χ4n) is 1.92. The van der Waals surface area contributed by atoms with Gasteiger partial charge in [0.15, 0.2) is 0 Å². The van der Waals surface area contributed by atoms with Gasteiger partial charge in [-0.2, -0.15) is 10.4 Å². The highest BCUT2D eigenvalue weighted by Crippen LogP contribution is 2.29. The SMILES string of the molecule is Cc1nnc(OCCC2CCC2)c(C#N)c1C. The van der Waals surface area contributed by atoms with Crippen LogP contribution in [0.2, 0.25) is 0 Å². The lowest BCUT2D eigenvalue weighted by Crippen LogP contribution is -2.15. The van der Waals surface area contributed by atoms with E-state index in [1.54, 1.807) is 0 Å². The molecule has 1 saturated carbocycles. The lowest BCUT2D eigenvalue weighted by atomic mass is 9.83. The average molecular weight is 231 g/mol. The number of hydrogen-bond acceptors (Lipinski definition) is 4. The van der Waals surface area contributed by atoms with Gasteiger partial charge in [-0.05, 0) is 31.7 Å². The molecule has 0 atom stereocenters. The summed E-state index contributed by atoms with van der Waals surface area (Å²) in [6.45, 7) is 4.36. The van der Waals surface area contributed by atoms with E-state index >= 15 is 0 Å². The highest BCUT2D eigenvalue weighted by Gasteiger charge is 2.18. The third-order valence-electron chi connectivity index (χ3n) is 3.52. The third-order valence-corrected chi connectivity index (χ3v) is 3.52. The van der Waals surface area contributed by atoms with Gasteiger partial charge in [-0.3, -0.25) is 0 Å². The Labute approximate surface area is 102 Å². The van der Waals surface area contributed by atoms with Crippen LogP contribution in [0.3, 0.4) is 0 Å². The minimum absolute atomic E-state index is 0.384. The Morgan fingerprint density at radius 3 is 2.71 bits per heavy atom. The fourth-order valence-corrected chi connectivity index (χ4v) is 1.92. The second-order valence-corrected chi connectivity index (χ2v) is 4.64. The molecule has 1 aliphatic carbocycles.